The maximum atomic E-state index is 12.4. The van der Waals surface area contributed by atoms with Gasteiger partial charge >= 0.3 is 0 Å². The standard InChI is InChI=1S/C26H21N5O/c1-16-9-11-22-21(12-16)24(18-6-4-3-5-7-18)30-26(29-22)31-27-15-20-14-19-10-8-17(2)13-23(19)28-25(20)32/h3-15H,1-2H3,(H,28,32)(H,29,30,31). The van der Waals surface area contributed by atoms with Crippen molar-refractivity contribution in [2.24, 2.45) is 5.10 Å². The van der Waals surface area contributed by atoms with Gasteiger partial charge in [-0.05, 0) is 49.1 Å². The number of anilines is 1. The third-order valence-electron chi connectivity index (χ3n) is 5.30. The monoisotopic (exact) mass is 419 g/mol. The van der Waals surface area contributed by atoms with Crippen LogP contribution in [0.2, 0.25) is 0 Å². The molecule has 0 aliphatic rings. The van der Waals surface area contributed by atoms with Crippen molar-refractivity contribution in [1.82, 2.24) is 15.0 Å². The predicted molar refractivity (Wildman–Crippen MR) is 130 cm³/mol. The molecule has 0 amide bonds. The molecule has 6 heteroatoms. The Morgan fingerprint density at radius 2 is 1.69 bits per heavy atom. The van der Waals surface area contributed by atoms with E-state index in [9.17, 15) is 4.79 Å². The van der Waals surface area contributed by atoms with Crippen LogP contribution in [0.1, 0.15) is 16.7 Å². The Labute approximate surface area is 184 Å². The zero-order valence-corrected chi connectivity index (χ0v) is 17.8. The van der Waals surface area contributed by atoms with Gasteiger partial charge < -0.3 is 4.98 Å². The van der Waals surface area contributed by atoms with Gasteiger partial charge in [0.05, 0.1) is 23.0 Å². The van der Waals surface area contributed by atoms with Crippen molar-refractivity contribution in [2.45, 2.75) is 13.8 Å². The fourth-order valence-electron chi connectivity index (χ4n) is 3.70. The summed E-state index contributed by atoms with van der Waals surface area (Å²) in [5, 5.41) is 6.16. The first kappa shape index (κ1) is 19.6. The number of benzene rings is 3. The quantitative estimate of drug-likeness (QED) is 0.310. The lowest BCUT2D eigenvalue weighted by molar-refractivity contribution is 1.15. The fraction of sp³-hybridized carbons (Fsp3) is 0.0769. The Balaban J connectivity index is 1.51. The number of aromatic amines is 1. The number of aromatic nitrogens is 3. The number of nitrogens with zero attached hydrogens (tertiary/aromatic N) is 3. The molecule has 0 spiro atoms. The van der Waals surface area contributed by atoms with Gasteiger partial charge in [-0.25, -0.2) is 15.4 Å². The molecule has 0 bridgehead atoms. The Kier molecular flexibility index (Phi) is 4.95. The van der Waals surface area contributed by atoms with E-state index in [4.69, 9.17) is 4.98 Å². The Hall–Kier alpha value is -4.32. The number of pyridine rings is 1. The molecule has 6 nitrogen and oxygen atoms in total. The number of hydrogen-bond acceptors (Lipinski definition) is 5. The van der Waals surface area contributed by atoms with E-state index in [1.165, 1.54) is 6.21 Å². The number of H-pyrrole nitrogens is 1. The smallest absolute Gasteiger partial charge is 0.257 e. The topological polar surface area (TPSA) is 83.0 Å². The Bertz CT molecular complexity index is 1540. The summed E-state index contributed by atoms with van der Waals surface area (Å²) in [4.78, 5) is 24.6. The van der Waals surface area contributed by atoms with Gasteiger partial charge in [-0.15, -0.1) is 0 Å². The first-order valence-corrected chi connectivity index (χ1v) is 10.3. The maximum absolute atomic E-state index is 12.4. The molecule has 32 heavy (non-hydrogen) atoms. The van der Waals surface area contributed by atoms with Crippen LogP contribution in [0.5, 0.6) is 0 Å². The molecule has 2 heterocycles. The lowest BCUT2D eigenvalue weighted by atomic mass is 10.0. The van der Waals surface area contributed by atoms with E-state index >= 15 is 0 Å². The Morgan fingerprint density at radius 3 is 2.53 bits per heavy atom. The minimum absolute atomic E-state index is 0.200. The van der Waals surface area contributed by atoms with E-state index < -0.39 is 0 Å². The first-order valence-electron chi connectivity index (χ1n) is 10.3. The van der Waals surface area contributed by atoms with E-state index in [0.717, 1.165) is 44.2 Å². The molecule has 5 rings (SSSR count). The van der Waals surface area contributed by atoms with Crippen LogP contribution in [0.15, 0.2) is 82.7 Å². The van der Waals surface area contributed by atoms with Crippen LogP contribution in [0.3, 0.4) is 0 Å². The van der Waals surface area contributed by atoms with Crippen molar-refractivity contribution in [3.63, 3.8) is 0 Å². The largest absolute Gasteiger partial charge is 0.321 e. The van der Waals surface area contributed by atoms with E-state index in [0.29, 0.717) is 11.5 Å². The van der Waals surface area contributed by atoms with Crippen molar-refractivity contribution < 1.29 is 0 Å². The molecule has 0 fully saturated rings. The fourth-order valence-corrected chi connectivity index (χ4v) is 3.70. The van der Waals surface area contributed by atoms with Gasteiger partial charge in [0.25, 0.3) is 5.56 Å². The molecule has 0 saturated carbocycles. The normalized spacial score (nSPS) is 11.4. The van der Waals surface area contributed by atoms with Crippen LogP contribution < -0.4 is 11.0 Å². The van der Waals surface area contributed by atoms with E-state index in [1.807, 2.05) is 80.6 Å². The van der Waals surface area contributed by atoms with Gasteiger partial charge in [-0.2, -0.15) is 5.10 Å². The highest BCUT2D eigenvalue weighted by Gasteiger charge is 2.10. The van der Waals surface area contributed by atoms with Crippen LogP contribution in [-0.4, -0.2) is 21.2 Å². The average Bonchev–Trinajstić information content (AvgIpc) is 2.80. The second kappa shape index (κ2) is 8.07. The van der Waals surface area contributed by atoms with Gasteiger partial charge in [0.2, 0.25) is 5.95 Å². The van der Waals surface area contributed by atoms with Crippen LogP contribution in [0.4, 0.5) is 5.95 Å². The summed E-state index contributed by atoms with van der Waals surface area (Å²) in [7, 11) is 0. The van der Waals surface area contributed by atoms with Gasteiger partial charge in [0, 0.05) is 16.5 Å². The summed E-state index contributed by atoms with van der Waals surface area (Å²) in [5.41, 5.74) is 8.83. The zero-order chi connectivity index (χ0) is 22.1. The summed E-state index contributed by atoms with van der Waals surface area (Å²) in [6.07, 6.45) is 1.49. The lowest BCUT2D eigenvalue weighted by Gasteiger charge is -2.09. The third kappa shape index (κ3) is 3.86. The molecule has 5 aromatic rings. The molecule has 0 aliphatic heterocycles. The second-order valence-corrected chi connectivity index (χ2v) is 7.80. The minimum Gasteiger partial charge on any atom is -0.321 e. The summed E-state index contributed by atoms with van der Waals surface area (Å²) in [6, 6.07) is 23.8. The number of aryl methyl sites for hydroxylation is 2. The van der Waals surface area contributed by atoms with Crippen LogP contribution in [0.25, 0.3) is 33.1 Å². The summed E-state index contributed by atoms with van der Waals surface area (Å²) < 4.78 is 0. The van der Waals surface area contributed by atoms with Crippen LogP contribution in [-0.2, 0) is 0 Å². The number of fused-ring (bicyclic) bond motifs is 2. The van der Waals surface area contributed by atoms with Gasteiger partial charge in [0.1, 0.15) is 0 Å². The number of hydrogen-bond donors (Lipinski definition) is 2. The molecular formula is C26H21N5O. The minimum atomic E-state index is -0.200. The summed E-state index contributed by atoms with van der Waals surface area (Å²) in [6.45, 7) is 4.04. The van der Waals surface area contributed by atoms with Crippen molar-refractivity contribution in [2.75, 3.05) is 5.43 Å². The summed E-state index contributed by atoms with van der Waals surface area (Å²) in [5.74, 6) is 0.365. The zero-order valence-electron chi connectivity index (χ0n) is 17.8. The highest BCUT2D eigenvalue weighted by molar-refractivity contribution is 5.93. The number of hydrazone groups is 1. The average molecular weight is 419 g/mol. The molecular weight excluding hydrogens is 398 g/mol. The number of rotatable bonds is 4. The molecule has 0 radical (unpaired) electrons. The van der Waals surface area contributed by atoms with Crippen molar-refractivity contribution >= 4 is 34.0 Å². The van der Waals surface area contributed by atoms with E-state index in [-0.39, 0.29) is 5.56 Å². The van der Waals surface area contributed by atoms with Crippen molar-refractivity contribution in [3.05, 3.63) is 99.8 Å². The molecule has 156 valence electrons. The van der Waals surface area contributed by atoms with Gasteiger partial charge in [0.15, 0.2) is 0 Å². The van der Waals surface area contributed by atoms with Crippen molar-refractivity contribution in [3.8, 4) is 11.3 Å². The molecule has 0 atom stereocenters. The van der Waals surface area contributed by atoms with Crippen molar-refractivity contribution in [1.29, 1.82) is 0 Å². The lowest BCUT2D eigenvalue weighted by Crippen LogP contribution is -2.12. The highest BCUT2D eigenvalue weighted by atomic mass is 16.1. The maximum Gasteiger partial charge on any atom is 0.257 e. The van der Waals surface area contributed by atoms with E-state index in [2.05, 4.69) is 26.6 Å². The molecule has 0 saturated heterocycles. The van der Waals surface area contributed by atoms with Crippen LogP contribution in [0, 0.1) is 13.8 Å². The predicted octanol–water partition coefficient (Wildman–Crippen LogP) is 5.20. The SMILES string of the molecule is Cc1ccc2cc(C=NNc3nc(-c4ccccc4)c4cc(C)ccc4n3)c(=O)[nH]c2c1. The molecule has 0 unspecified atom stereocenters. The Morgan fingerprint density at radius 1 is 0.906 bits per heavy atom. The molecule has 2 N–H and O–H groups in total. The van der Waals surface area contributed by atoms with Crippen LogP contribution >= 0.6 is 0 Å². The highest BCUT2D eigenvalue weighted by Crippen LogP contribution is 2.28. The molecule has 0 aliphatic carbocycles. The molecule has 3 aromatic carbocycles. The third-order valence-corrected chi connectivity index (χ3v) is 5.30. The first-order chi connectivity index (χ1) is 15.6. The van der Waals surface area contributed by atoms with Gasteiger partial charge in [-0.1, -0.05) is 54.1 Å². The van der Waals surface area contributed by atoms with E-state index in [1.54, 1.807) is 0 Å². The summed E-state index contributed by atoms with van der Waals surface area (Å²) >= 11 is 0. The van der Waals surface area contributed by atoms with Gasteiger partial charge in [-0.3, -0.25) is 4.79 Å². The second-order valence-electron chi connectivity index (χ2n) is 7.80. The number of nitrogens with one attached hydrogen (secondary N) is 2. The molecule has 2 aromatic heterocycles.